The van der Waals surface area contributed by atoms with Crippen LogP contribution < -0.4 is 16.4 Å². The second kappa shape index (κ2) is 24.2. The number of β-amino-alcohol motifs (C(OH)–C–C–N with tert-alkyl or cyclic N) is 1. The number of carbonyl (C=O) groups is 4. The van der Waals surface area contributed by atoms with Gasteiger partial charge in [0.25, 0.3) is 0 Å². The fraction of sp³-hybridized carbons (Fsp3) is 0.455. The Balaban J connectivity index is 0.784. The van der Waals surface area contributed by atoms with Crippen LogP contribution in [0.25, 0.3) is 38.2 Å². The van der Waals surface area contributed by atoms with E-state index in [2.05, 4.69) is 20.6 Å². The highest BCUT2D eigenvalue weighted by atomic mass is 32.1. The Kier molecular flexibility index (Phi) is 17.6. The van der Waals surface area contributed by atoms with Crippen LogP contribution in [0.4, 0.5) is 8.78 Å². The minimum absolute atomic E-state index is 0.00758. The predicted octanol–water partition coefficient (Wildman–Crippen LogP) is 6.57. The van der Waals surface area contributed by atoms with Crippen molar-refractivity contribution in [2.75, 3.05) is 45.9 Å². The number of nitrogens with zero attached hydrogens (tertiary/aromatic N) is 7. The van der Waals surface area contributed by atoms with Crippen molar-refractivity contribution in [2.45, 2.75) is 110 Å². The summed E-state index contributed by atoms with van der Waals surface area (Å²) in [7, 11) is 0. The molecule has 8 rings (SSSR count). The first-order valence-electron chi connectivity index (χ1n) is 25.4. The maximum absolute atomic E-state index is 15.5. The van der Waals surface area contributed by atoms with Gasteiger partial charge in [-0.1, -0.05) is 57.2 Å². The highest BCUT2D eigenvalue weighted by molar-refractivity contribution is 7.13. The number of aliphatic imine (C=N–C) groups is 1. The van der Waals surface area contributed by atoms with E-state index < -0.39 is 41.1 Å². The molecule has 3 aromatic carbocycles. The third kappa shape index (κ3) is 13.2. The molecule has 5 aromatic rings. The monoisotopic (exact) mass is 1030 g/mol. The Hall–Kier alpha value is -6.54. The molecule has 3 unspecified atom stereocenters. The number of nitrogens with two attached hydrogens (primary N) is 1. The number of hydrogen-bond acceptors (Lipinski definition) is 13. The lowest BCUT2D eigenvalue weighted by molar-refractivity contribution is -0.144. The molecule has 5 heterocycles. The number of thiazole rings is 1. The van der Waals surface area contributed by atoms with Gasteiger partial charge in [0.2, 0.25) is 23.6 Å². The quantitative estimate of drug-likeness (QED) is 0.0579. The Morgan fingerprint density at radius 2 is 1.69 bits per heavy atom. The molecule has 3 atom stereocenters. The topological polar surface area (TPSA) is 209 Å². The van der Waals surface area contributed by atoms with Crippen molar-refractivity contribution in [3.63, 3.8) is 0 Å². The number of hydrogen-bond donors (Lipinski definition) is 4. The van der Waals surface area contributed by atoms with Crippen LogP contribution in [0, 0.1) is 24.0 Å². The lowest BCUT2D eigenvalue weighted by Crippen LogP contribution is -2.57. The van der Waals surface area contributed by atoms with E-state index in [0.717, 1.165) is 21.7 Å². The second-order valence-corrected chi connectivity index (χ2v) is 21.3. The molecule has 3 saturated heterocycles. The number of benzene rings is 3. The van der Waals surface area contributed by atoms with Crippen LogP contribution in [0.2, 0.25) is 0 Å². The van der Waals surface area contributed by atoms with E-state index in [-0.39, 0.29) is 68.2 Å². The number of halogens is 2. The minimum Gasteiger partial charge on any atom is -0.404 e. The van der Waals surface area contributed by atoms with Crippen LogP contribution in [0.5, 0.6) is 0 Å². The zero-order valence-corrected chi connectivity index (χ0v) is 43.3. The number of carbonyl (C=O) groups excluding carboxylic acids is 4. The summed E-state index contributed by atoms with van der Waals surface area (Å²) in [6.45, 7) is 11.2. The SMILES string of the molecule is Cc1ncsc1-c1ccc(CNC(=O)C2CC(O)CN2C(=O)C(NC(=O)CCCCC(=O)N2CCC(N=CC(=CN)c3cnc4cccc(-c5cc(F)c(CN6CCOCC6)c(F)c5)c4n3)CC2)C(C)(C)C)cc1. The number of morpholine rings is 1. The number of fused-ring (bicyclic) bond motifs is 1. The van der Waals surface area contributed by atoms with Crippen molar-refractivity contribution in [1.82, 2.24) is 40.3 Å². The smallest absolute Gasteiger partial charge is 0.246 e. The van der Waals surface area contributed by atoms with Crippen molar-refractivity contribution in [2.24, 2.45) is 16.1 Å². The molecule has 5 N–H and O–H groups in total. The van der Waals surface area contributed by atoms with Gasteiger partial charge >= 0.3 is 0 Å². The first-order chi connectivity index (χ1) is 35.6. The number of amides is 4. The first kappa shape index (κ1) is 53.7. The van der Waals surface area contributed by atoms with E-state index in [0.29, 0.717) is 98.5 Å². The lowest BCUT2D eigenvalue weighted by atomic mass is 9.85. The van der Waals surface area contributed by atoms with Gasteiger partial charge in [-0.2, -0.15) is 0 Å². The fourth-order valence-electron chi connectivity index (χ4n) is 9.68. The standard InChI is InChI=1S/C55H66F2N10O6S/c1-34-51(74-33-62-34)36-14-12-35(13-15-36)28-61-53(71)47-26-40(68)31-67(47)54(72)52(55(2,3)4)64-48(69)10-5-6-11-49(70)66-18-16-39(17-19-66)59-29-38(27-58)46-30-60-45-9-7-8-41(50(45)63-46)37-24-43(56)42(44(57)25-37)32-65-20-22-73-23-21-65/h7-9,12-15,24-25,27,29-30,33,39-40,47,52,68H,5-6,10-11,16-23,26,28,31-32,58H2,1-4H3,(H,61,71)(H,64,69). The molecule has 0 saturated carbocycles. The summed E-state index contributed by atoms with van der Waals surface area (Å²) in [4.78, 5) is 79.0. The molecule has 4 amide bonds. The number of likely N-dealkylation sites (tertiary alicyclic amines) is 2. The Morgan fingerprint density at radius 1 is 0.973 bits per heavy atom. The van der Waals surface area contributed by atoms with E-state index >= 15 is 8.78 Å². The van der Waals surface area contributed by atoms with Crippen molar-refractivity contribution in [3.8, 4) is 21.6 Å². The number of aryl methyl sites for hydroxylation is 1. The molecule has 3 aliphatic heterocycles. The summed E-state index contributed by atoms with van der Waals surface area (Å²) in [5.74, 6) is -2.41. The number of rotatable bonds is 17. The van der Waals surface area contributed by atoms with E-state index in [9.17, 15) is 24.3 Å². The van der Waals surface area contributed by atoms with E-state index in [1.54, 1.807) is 41.9 Å². The number of aliphatic hydroxyl groups excluding tert-OH is 1. The van der Waals surface area contributed by atoms with Gasteiger partial charge in [0.1, 0.15) is 23.7 Å². The average Bonchev–Trinajstić information content (AvgIpc) is 4.02. The third-order valence-electron chi connectivity index (χ3n) is 14.0. The second-order valence-electron chi connectivity index (χ2n) is 20.4. The minimum atomic E-state index is -0.951. The largest absolute Gasteiger partial charge is 0.404 e. The number of allylic oxidation sites excluding steroid dienone is 1. The van der Waals surface area contributed by atoms with Crippen LogP contribution in [0.1, 0.15) is 88.2 Å². The first-order valence-corrected chi connectivity index (χ1v) is 26.3. The molecular formula is C55H66F2N10O6S. The van der Waals surface area contributed by atoms with Gasteiger partial charge in [-0.05, 0) is 72.9 Å². The number of ether oxygens (including phenoxy) is 1. The number of unbranched alkanes of at least 4 members (excludes halogenated alkanes) is 1. The maximum Gasteiger partial charge on any atom is 0.246 e. The summed E-state index contributed by atoms with van der Waals surface area (Å²) in [5.41, 5.74) is 12.9. The van der Waals surface area contributed by atoms with Crippen molar-refractivity contribution in [1.29, 1.82) is 0 Å². The summed E-state index contributed by atoms with van der Waals surface area (Å²) < 4.78 is 36.3. The van der Waals surface area contributed by atoms with Gasteiger partial charge in [0.15, 0.2) is 0 Å². The fourth-order valence-corrected chi connectivity index (χ4v) is 10.5. The molecule has 0 radical (unpaired) electrons. The predicted molar refractivity (Wildman–Crippen MR) is 281 cm³/mol. The van der Waals surface area contributed by atoms with Crippen molar-refractivity contribution >= 4 is 57.8 Å². The highest BCUT2D eigenvalue weighted by Gasteiger charge is 2.44. The molecule has 3 aliphatic rings. The normalized spacial score (nSPS) is 18.6. The van der Waals surface area contributed by atoms with Crippen LogP contribution in [0.3, 0.4) is 0 Å². The zero-order valence-electron chi connectivity index (χ0n) is 42.5. The van der Waals surface area contributed by atoms with E-state index in [4.69, 9.17) is 20.4 Å². The number of nitrogens with one attached hydrogen (secondary N) is 2. The molecule has 2 aromatic heterocycles. The number of aromatic nitrogens is 3. The van der Waals surface area contributed by atoms with Gasteiger partial charge in [0.05, 0.1) is 64.4 Å². The average molecular weight is 1030 g/mol. The van der Waals surface area contributed by atoms with E-state index in [1.165, 1.54) is 23.2 Å². The number of piperidine rings is 1. The van der Waals surface area contributed by atoms with Gasteiger partial charge in [-0.25, -0.2) is 18.7 Å². The van der Waals surface area contributed by atoms with E-state index in [1.807, 2.05) is 67.3 Å². The zero-order chi connectivity index (χ0) is 52.5. The third-order valence-corrected chi connectivity index (χ3v) is 15.0. The summed E-state index contributed by atoms with van der Waals surface area (Å²) in [6.07, 6.45) is 6.40. The summed E-state index contributed by atoms with van der Waals surface area (Å²) >= 11 is 1.57. The molecule has 3 fully saturated rings. The molecule has 74 heavy (non-hydrogen) atoms. The van der Waals surface area contributed by atoms with Crippen molar-refractivity contribution < 1.29 is 37.8 Å². The molecule has 0 bridgehead atoms. The number of para-hydroxylation sites is 1. The maximum atomic E-state index is 15.5. The number of aliphatic hydroxyl groups is 1. The molecule has 392 valence electrons. The lowest BCUT2D eigenvalue weighted by Gasteiger charge is -2.35. The van der Waals surface area contributed by atoms with Crippen LogP contribution in [-0.2, 0) is 37.0 Å². The van der Waals surface area contributed by atoms with Gasteiger partial charge in [0, 0.05) is 94.2 Å². The van der Waals surface area contributed by atoms with Crippen LogP contribution in [-0.4, -0.2) is 135 Å². The van der Waals surface area contributed by atoms with Gasteiger partial charge in [-0.3, -0.25) is 34.1 Å². The van der Waals surface area contributed by atoms with Gasteiger partial charge in [-0.15, -0.1) is 11.3 Å². The van der Waals surface area contributed by atoms with Crippen molar-refractivity contribution in [3.05, 3.63) is 107 Å². The Bertz CT molecular complexity index is 2850. The Morgan fingerprint density at radius 3 is 2.36 bits per heavy atom. The molecule has 0 aliphatic carbocycles. The Labute approximate surface area is 434 Å². The summed E-state index contributed by atoms with van der Waals surface area (Å²) in [6, 6.07) is 13.9. The van der Waals surface area contributed by atoms with Gasteiger partial charge < -0.3 is 36.0 Å². The summed E-state index contributed by atoms with van der Waals surface area (Å²) in [5, 5.41) is 16.5. The highest BCUT2D eigenvalue weighted by Crippen LogP contribution is 2.32. The molecule has 16 nitrogen and oxygen atoms in total. The molecular weight excluding hydrogens is 967 g/mol. The molecule has 0 spiro atoms. The van der Waals surface area contributed by atoms with Crippen LogP contribution >= 0.6 is 11.3 Å². The molecule has 19 heteroatoms. The van der Waals surface area contributed by atoms with Crippen LogP contribution in [0.15, 0.2) is 77.5 Å².